The van der Waals surface area contributed by atoms with Crippen LogP contribution >= 0.6 is 0 Å². The summed E-state index contributed by atoms with van der Waals surface area (Å²) in [6.45, 7) is 2.48. The van der Waals surface area contributed by atoms with E-state index < -0.39 is 0 Å². The topological polar surface area (TPSA) is 49.8 Å². The number of rotatable bonds is 5. The Morgan fingerprint density at radius 2 is 2.00 bits per heavy atom. The Kier molecular flexibility index (Phi) is 4.24. The Hall–Kier alpha value is -2.49. The zero-order valence-corrected chi connectivity index (χ0v) is 13.5. The molecule has 0 aliphatic heterocycles. The molecule has 4 nitrogen and oxygen atoms in total. The molecule has 3 rings (SSSR count). The van der Waals surface area contributed by atoms with E-state index in [-0.39, 0.29) is 11.7 Å². The minimum atomic E-state index is 0.0673. The molecule has 4 heteroatoms. The minimum absolute atomic E-state index is 0.0673. The molecule has 0 aromatic heterocycles. The van der Waals surface area contributed by atoms with Gasteiger partial charge in [0.2, 0.25) is 0 Å². The average Bonchev–Trinajstić information content (AvgIpc) is 3.38. The third-order valence-electron chi connectivity index (χ3n) is 4.22. The highest BCUT2D eigenvalue weighted by molar-refractivity contribution is 5.96. The lowest BCUT2D eigenvalue weighted by molar-refractivity contribution is 0.0729. The van der Waals surface area contributed by atoms with Crippen LogP contribution in [0.15, 0.2) is 42.5 Å². The quantitative estimate of drug-likeness (QED) is 0.919. The van der Waals surface area contributed by atoms with Crippen LogP contribution in [0.5, 0.6) is 11.5 Å². The van der Waals surface area contributed by atoms with Gasteiger partial charge >= 0.3 is 0 Å². The maximum absolute atomic E-state index is 12.9. The summed E-state index contributed by atoms with van der Waals surface area (Å²) in [5, 5.41) is 9.71. The van der Waals surface area contributed by atoms with Crippen LogP contribution in [0.1, 0.15) is 34.3 Å². The number of carbonyl (C=O) groups is 1. The minimum Gasteiger partial charge on any atom is -0.504 e. The number of benzene rings is 2. The fourth-order valence-electron chi connectivity index (χ4n) is 2.74. The zero-order chi connectivity index (χ0) is 16.4. The summed E-state index contributed by atoms with van der Waals surface area (Å²) in [7, 11) is 1.52. The van der Waals surface area contributed by atoms with Crippen molar-refractivity contribution in [3.05, 3.63) is 59.2 Å². The van der Waals surface area contributed by atoms with Crippen LogP contribution in [-0.4, -0.2) is 29.1 Å². The number of hydrogen-bond donors (Lipinski definition) is 1. The van der Waals surface area contributed by atoms with Gasteiger partial charge in [-0.3, -0.25) is 4.79 Å². The maximum Gasteiger partial charge on any atom is 0.254 e. The summed E-state index contributed by atoms with van der Waals surface area (Å²) in [5.74, 6) is 0.610. The number of amides is 1. The van der Waals surface area contributed by atoms with Gasteiger partial charge in [-0.15, -0.1) is 0 Å². The molecular formula is C19H21NO3. The van der Waals surface area contributed by atoms with Crippen molar-refractivity contribution >= 4 is 5.91 Å². The third kappa shape index (κ3) is 3.31. The van der Waals surface area contributed by atoms with E-state index in [0.29, 0.717) is 18.3 Å². The predicted octanol–water partition coefficient (Wildman–Crippen LogP) is 3.51. The van der Waals surface area contributed by atoms with Crippen molar-refractivity contribution < 1.29 is 14.6 Å². The Balaban J connectivity index is 1.85. The van der Waals surface area contributed by atoms with Crippen molar-refractivity contribution in [3.63, 3.8) is 0 Å². The molecule has 0 radical (unpaired) electrons. The Morgan fingerprint density at radius 1 is 1.26 bits per heavy atom. The average molecular weight is 311 g/mol. The fraction of sp³-hybridized carbons (Fsp3) is 0.316. The third-order valence-corrected chi connectivity index (χ3v) is 4.22. The van der Waals surface area contributed by atoms with Gasteiger partial charge in [0.25, 0.3) is 5.91 Å². The Morgan fingerprint density at radius 3 is 2.65 bits per heavy atom. The van der Waals surface area contributed by atoms with Gasteiger partial charge < -0.3 is 14.7 Å². The molecule has 2 aromatic carbocycles. The van der Waals surface area contributed by atoms with E-state index in [4.69, 9.17) is 4.74 Å². The van der Waals surface area contributed by atoms with E-state index in [1.165, 1.54) is 7.11 Å². The van der Waals surface area contributed by atoms with Crippen LogP contribution in [0.3, 0.4) is 0 Å². The molecule has 0 bridgehead atoms. The number of aromatic hydroxyl groups is 1. The molecular weight excluding hydrogens is 290 g/mol. The van der Waals surface area contributed by atoms with Gasteiger partial charge in [-0.1, -0.05) is 24.3 Å². The standard InChI is InChI=1S/C19H21NO3/c1-13-5-3-4-6-16(13)19(22)20(15-8-9-15)12-14-7-10-17(21)18(11-14)23-2/h3-7,10-11,15,21H,8-9,12H2,1-2H3. The van der Waals surface area contributed by atoms with E-state index in [1.54, 1.807) is 12.1 Å². The van der Waals surface area contributed by atoms with E-state index in [2.05, 4.69) is 0 Å². The van der Waals surface area contributed by atoms with Crippen molar-refractivity contribution in [1.82, 2.24) is 4.90 Å². The first-order valence-electron chi connectivity index (χ1n) is 7.82. The largest absolute Gasteiger partial charge is 0.504 e. The van der Waals surface area contributed by atoms with Gasteiger partial charge in [-0.05, 0) is 49.1 Å². The van der Waals surface area contributed by atoms with Crippen molar-refractivity contribution in [2.24, 2.45) is 0 Å². The SMILES string of the molecule is COc1cc(CN(C(=O)c2ccccc2C)C2CC2)ccc1O. The van der Waals surface area contributed by atoms with Gasteiger partial charge in [-0.25, -0.2) is 0 Å². The maximum atomic E-state index is 12.9. The normalized spacial score (nSPS) is 13.7. The van der Waals surface area contributed by atoms with Crippen LogP contribution in [0, 0.1) is 6.92 Å². The summed E-state index contributed by atoms with van der Waals surface area (Å²) in [6.07, 6.45) is 2.10. The van der Waals surface area contributed by atoms with E-state index >= 15 is 0 Å². The van der Waals surface area contributed by atoms with Crippen LogP contribution in [0.4, 0.5) is 0 Å². The highest BCUT2D eigenvalue weighted by Crippen LogP contribution is 2.32. The van der Waals surface area contributed by atoms with Crippen molar-refractivity contribution in [3.8, 4) is 11.5 Å². The summed E-state index contributed by atoms with van der Waals surface area (Å²) in [5.41, 5.74) is 2.70. The Bertz CT molecular complexity index is 722. The molecule has 0 atom stereocenters. The molecule has 1 N–H and O–H groups in total. The van der Waals surface area contributed by atoms with Gasteiger partial charge in [0.1, 0.15) is 0 Å². The molecule has 1 saturated carbocycles. The van der Waals surface area contributed by atoms with Gasteiger partial charge in [0.05, 0.1) is 7.11 Å². The number of phenolic OH excluding ortho intramolecular Hbond substituents is 1. The highest BCUT2D eigenvalue weighted by atomic mass is 16.5. The van der Waals surface area contributed by atoms with Crippen molar-refractivity contribution in [2.75, 3.05) is 7.11 Å². The first kappa shape index (κ1) is 15.4. The lowest BCUT2D eigenvalue weighted by Gasteiger charge is -2.24. The van der Waals surface area contributed by atoms with E-state index in [0.717, 1.165) is 29.5 Å². The number of carbonyl (C=O) groups excluding carboxylic acids is 1. The van der Waals surface area contributed by atoms with Gasteiger partial charge in [-0.2, -0.15) is 0 Å². The summed E-state index contributed by atoms with van der Waals surface area (Å²) in [4.78, 5) is 14.8. The molecule has 0 saturated heterocycles. The summed E-state index contributed by atoms with van der Waals surface area (Å²) in [6, 6.07) is 13.2. The van der Waals surface area contributed by atoms with E-state index in [1.807, 2.05) is 42.2 Å². The molecule has 1 aliphatic carbocycles. The lowest BCUT2D eigenvalue weighted by Crippen LogP contribution is -2.33. The van der Waals surface area contributed by atoms with Crippen molar-refractivity contribution in [2.45, 2.75) is 32.4 Å². The smallest absolute Gasteiger partial charge is 0.254 e. The summed E-state index contributed by atoms with van der Waals surface area (Å²) >= 11 is 0. The second kappa shape index (κ2) is 6.32. The number of aryl methyl sites for hydroxylation is 1. The first-order chi connectivity index (χ1) is 11.1. The number of methoxy groups -OCH3 is 1. The number of nitrogens with zero attached hydrogens (tertiary/aromatic N) is 1. The lowest BCUT2D eigenvalue weighted by atomic mass is 10.1. The molecule has 23 heavy (non-hydrogen) atoms. The number of phenols is 1. The zero-order valence-electron chi connectivity index (χ0n) is 13.5. The molecule has 0 heterocycles. The number of ether oxygens (including phenoxy) is 1. The molecule has 120 valence electrons. The van der Waals surface area contributed by atoms with E-state index in [9.17, 15) is 9.90 Å². The van der Waals surface area contributed by atoms with Gasteiger partial charge in [0.15, 0.2) is 11.5 Å². The Labute approximate surface area is 136 Å². The highest BCUT2D eigenvalue weighted by Gasteiger charge is 2.33. The predicted molar refractivity (Wildman–Crippen MR) is 88.7 cm³/mol. The molecule has 1 aliphatic rings. The van der Waals surface area contributed by atoms with Crippen LogP contribution < -0.4 is 4.74 Å². The monoisotopic (exact) mass is 311 g/mol. The van der Waals surface area contributed by atoms with Gasteiger partial charge in [0, 0.05) is 18.2 Å². The molecule has 1 amide bonds. The fourth-order valence-corrected chi connectivity index (χ4v) is 2.74. The molecule has 0 spiro atoms. The second-order valence-electron chi connectivity index (χ2n) is 5.99. The molecule has 2 aromatic rings. The first-order valence-corrected chi connectivity index (χ1v) is 7.82. The van der Waals surface area contributed by atoms with Crippen LogP contribution in [-0.2, 0) is 6.54 Å². The summed E-state index contributed by atoms with van der Waals surface area (Å²) < 4.78 is 5.15. The second-order valence-corrected chi connectivity index (χ2v) is 5.99. The number of hydrogen-bond acceptors (Lipinski definition) is 3. The molecule has 0 unspecified atom stereocenters. The molecule has 1 fully saturated rings. The van der Waals surface area contributed by atoms with Crippen LogP contribution in [0.2, 0.25) is 0 Å². The van der Waals surface area contributed by atoms with Crippen molar-refractivity contribution in [1.29, 1.82) is 0 Å². The van der Waals surface area contributed by atoms with Crippen LogP contribution in [0.25, 0.3) is 0 Å².